The predicted octanol–water partition coefficient (Wildman–Crippen LogP) is 1.42. The van der Waals surface area contributed by atoms with E-state index in [1.807, 2.05) is 0 Å². The van der Waals surface area contributed by atoms with Gasteiger partial charge in [0.05, 0.1) is 5.60 Å². The maximum atomic E-state index is 10.2. The fourth-order valence-corrected chi connectivity index (χ4v) is 2.43. The van der Waals surface area contributed by atoms with Crippen LogP contribution in [0.2, 0.25) is 0 Å². The molecule has 0 spiro atoms. The molecule has 0 bridgehead atoms. The molecule has 12 heavy (non-hydrogen) atoms. The summed E-state index contributed by atoms with van der Waals surface area (Å²) >= 11 is 0. The van der Waals surface area contributed by atoms with Crippen LogP contribution >= 0.6 is 0 Å². The van der Waals surface area contributed by atoms with Crippen LogP contribution in [0, 0.1) is 5.92 Å². The normalized spacial score (nSPS) is 43.0. The minimum atomic E-state index is -0.390. The molecule has 0 aromatic heterocycles. The van der Waals surface area contributed by atoms with Crippen LogP contribution in [0.15, 0.2) is 0 Å². The standard InChI is InChI=1S/C10H19NO/c11-9-2-1-5-10(12,7-9)6-8-3-4-8/h8-9,12H,1-7,11H2. The second kappa shape index (κ2) is 3.00. The molecule has 3 N–H and O–H groups in total. The second-order valence-corrected chi connectivity index (χ2v) is 4.73. The first-order valence-corrected chi connectivity index (χ1v) is 5.16. The Bertz CT molecular complexity index is 163. The van der Waals surface area contributed by atoms with E-state index < -0.39 is 5.60 Å². The predicted molar refractivity (Wildman–Crippen MR) is 48.7 cm³/mol. The van der Waals surface area contributed by atoms with Gasteiger partial charge in [0.25, 0.3) is 0 Å². The number of rotatable bonds is 2. The summed E-state index contributed by atoms with van der Waals surface area (Å²) < 4.78 is 0. The van der Waals surface area contributed by atoms with Crippen molar-refractivity contribution in [2.24, 2.45) is 11.7 Å². The van der Waals surface area contributed by atoms with Crippen LogP contribution in [0.4, 0.5) is 0 Å². The maximum absolute atomic E-state index is 10.2. The summed E-state index contributed by atoms with van der Waals surface area (Å²) in [7, 11) is 0. The lowest BCUT2D eigenvalue weighted by atomic mass is 9.79. The van der Waals surface area contributed by atoms with E-state index in [1.54, 1.807) is 0 Å². The zero-order valence-corrected chi connectivity index (χ0v) is 7.63. The summed E-state index contributed by atoms with van der Waals surface area (Å²) in [5, 5.41) is 10.2. The summed E-state index contributed by atoms with van der Waals surface area (Å²) in [4.78, 5) is 0. The first-order valence-electron chi connectivity index (χ1n) is 5.16. The lowest BCUT2D eigenvalue weighted by molar-refractivity contribution is -0.0145. The molecular formula is C10H19NO. The van der Waals surface area contributed by atoms with Gasteiger partial charge in [-0.05, 0) is 38.0 Å². The highest BCUT2D eigenvalue weighted by Crippen LogP contribution is 2.41. The Labute approximate surface area is 74.1 Å². The molecule has 0 radical (unpaired) electrons. The van der Waals surface area contributed by atoms with Crippen LogP contribution in [0.25, 0.3) is 0 Å². The number of nitrogens with two attached hydrogens (primary N) is 1. The molecule has 0 aliphatic heterocycles. The molecule has 2 heteroatoms. The summed E-state index contributed by atoms with van der Waals surface area (Å²) in [6.07, 6.45) is 7.72. The van der Waals surface area contributed by atoms with E-state index in [0.717, 1.165) is 38.0 Å². The van der Waals surface area contributed by atoms with Gasteiger partial charge in [0.1, 0.15) is 0 Å². The van der Waals surface area contributed by atoms with E-state index in [2.05, 4.69) is 0 Å². The monoisotopic (exact) mass is 169 g/mol. The van der Waals surface area contributed by atoms with Crippen molar-refractivity contribution in [3.63, 3.8) is 0 Å². The van der Waals surface area contributed by atoms with Crippen molar-refractivity contribution in [2.75, 3.05) is 0 Å². The van der Waals surface area contributed by atoms with Gasteiger partial charge in [0.2, 0.25) is 0 Å². The van der Waals surface area contributed by atoms with Crippen LogP contribution in [-0.4, -0.2) is 16.7 Å². The van der Waals surface area contributed by atoms with E-state index in [9.17, 15) is 5.11 Å². The van der Waals surface area contributed by atoms with Gasteiger partial charge in [-0.15, -0.1) is 0 Å². The molecule has 0 saturated heterocycles. The molecule has 2 aliphatic carbocycles. The van der Waals surface area contributed by atoms with Crippen molar-refractivity contribution >= 4 is 0 Å². The van der Waals surface area contributed by atoms with Gasteiger partial charge < -0.3 is 10.8 Å². The third kappa shape index (κ3) is 1.99. The highest BCUT2D eigenvalue weighted by atomic mass is 16.3. The molecule has 70 valence electrons. The van der Waals surface area contributed by atoms with Gasteiger partial charge in [-0.1, -0.05) is 12.8 Å². The van der Waals surface area contributed by atoms with Crippen LogP contribution in [0.1, 0.15) is 44.9 Å². The van der Waals surface area contributed by atoms with Crippen molar-refractivity contribution in [3.8, 4) is 0 Å². The Morgan fingerprint density at radius 2 is 2.08 bits per heavy atom. The van der Waals surface area contributed by atoms with Gasteiger partial charge in [-0.2, -0.15) is 0 Å². The summed E-state index contributed by atoms with van der Waals surface area (Å²) in [6.45, 7) is 0. The lowest BCUT2D eigenvalue weighted by Crippen LogP contribution is -2.41. The first kappa shape index (κ1) is 8.52. The average Bonchev–Trinajstić information content (AvgIpc) is 2.69. The molecular weight excluding hydrogens is 150 g/mol. The fourth-order valence-electron chi connectivity index (χ4n) is 2.43. The SMILES string of the molecule is NC1CCCC(O)(CC2CC2)C1. The van der Waals surface area contributed by atoms with Gasteiger partial charge >= 0.3 is 0 Å². The molecule has 0 aromatic rings. The van der Waals surface area contributed by atoms with E-state index >= 15 is 0 Å². The van der Waals surface area contributed by atoms with E-state index in [4.69, 9.17) is 5.73 Å². The van der Waals surface area contributed by atoms with Gasteiger partial charge in [-0.25, -0.2) is 0 Å². The largest absolute Gasteiger partial charge is 0.390 e. The van der Waals surface area contributed by atoms with Crippen molar-refractivity contribution in [1.29, 1.82) is 0 Å². The maximum Gasteiger partial charge on any atom is 0.0665 e. The van der Waals surface area contributed by atoms with Crippen LogP contribution in [0.3, 0.4) is 0 Å². The Morgan fingerprint density at radius 1 is 1.33 bits per heavy atom. The Kier molecular flexibility index (Phi) is 2.13. The number of aliphatic hydroxyl groups is 1. The average molecular weight is 169 g/mol. The molecule has 0 amide bonds. The minimum Gasteiger partial charge on any atom is -0.390 e. The van der Waals surface area contributed by atoms with Crippen LogP contribution in [0.5, 0.6) is 0 Å². The molecule has 2 atom stereocenters. The van der Waals surface area contributed by atoms with E-state index in [1.165, 1.54) is 12.8 Å². The molecule has 2 rings (SSSR count). The van der Waals surface area contributed by atoms with Gasteiger partial charge in [0, 0.05) is 6.04 Å². The van der Waals surface area contributed by atoms with E-state index in [-0.39, 0.29) is 6.04 Å². The Morgan fingerprint density at radius 3 is 2.67 bits per heavy atom. The molecule has 2 aliphatic rings. The van der Waals surface area contributed by atoms with Crippen molar-refractivity contribution in [2.45, 2.75) is 56.6 Å². The molecule has 0 aromatic carbocycles. The highest BCUT2D eigenvalue weighted by Gasteiger charge is 2.38. The third-order valence-corrected chi connectivity index (χ3v) is 3.22. The van der Waals surface area contributed by atoms with Gasteiger partial charge in [0.15, 0.2) is 0 Å². The highest BCUT2D eigenvalue weighted by molar-refractivity contribution is 4.92. The topological polar surface area (TPSA) is 46.2 Å². The summed E-state index contributed by atoms with van der Waals surface area (Å²) in [5.41, 5.74) is 5.46. The fraction of sp³-hybridized carbons (Fsp3) is 1.00. The van der Waals surface area contributed by atoms with Crippen molar-refractivity contribution in [3.05, 3.63) is 0 Å². The third-order valence-electron chi connectivity index (χ3n) is 3.22. The summed E-state index contributed by atoms with van der Waals surface area (Å²) in [6, 6.07) is 0.252. The lowest BCUT2D eigenvalue weighted by Gasteiger charge is -2.35. The van der Waals surface area contributed by atoms with Crippen molar-refractivity contribution in [1.82, 2.24) is 0 Å². The van der Waals surface area contributed by atoms with E-state index in [0.29, 0.717) is 0 Å². The van der Waals surface area contributed by atoms with Crippen molar-refractivity contribution < 1.29 is 5.11 Å². The zero-order valence-electron chi connectivity index (χ0n) is 7.63. The van der Waals surface area contributed by atoms with Crippen LogP contribution < -0.4 is 5.73 Å². The second-order valence-electron chi connectivity index (χ2n) is 4.73. The quantitative estimate of drug-likeness (QED) is 0.656. The Hall–Kier alpha value is -0.0800. The molecule has 2 fully saturated rings. The van der Waals surface area contributed by atoms with Crippen LogP contribution in [-0.2, 0) is 0 Å². The smallest absolute Gasteiger partial charge is 0.0665 e. The summed E-state index contributed by atoms with van der Waals surface area (Å²) in [5.74, 6) is 0.820. The van der Waals surface area contributed by atoms with Gasteiger partial charge in [-0.3, -0.25) is 0 Å². The Balaban J connectivity index is 1.88. The zero-order chi connectivity index (χ0) is 8.60. The number of hydrogen-bond donors (Lipinski definition) is 2. The molecule has 2 unspecified atom stereocenters. The molecule has 2 nitrogen and oxygen atoms in total. The minimum absolute atomic E-state index is 0.252. The first-order chi connectivity index (χ1) is 5.68. The molecule has 2 saturated carbocycles. The molecule has 0 heterocycles. The number of hydrogen-bond acceptors (Lipinski definition) is 2.